The van der Waals surface area contributed by atoms with Gasteiger partial charge in [0, 0.05) is 12.2 Å². The largest absolute Gasteiger partial charge is 0.387 e. The van der Waals surface area contributed by atoms with Crippen LogP contribution >= 0.6 is 19.2 Å². The molecule has 1 fully saturated rings. The zero-order chi connectivity index (χ0) is 25.3. The van der Waals surface area contributed by atoms with Gasteiger partial charge in [-0.15, -0.1) is 0 Å². The summed E-state index contributed by atoms with van der Waals surface area (Å²) >= 11 is 6.18. The van der Waals surface area contributed by atoms with E-state index < -0.39 is 38.5 Å². The summed E-state index contributed by atoms with van der Waals surface area (Å²) in [6.45, 7) is 1.59. The molecular weight excluding hydrogens is 501 g/mol. The third-order valence-corrected chi connectivity index (χ3v) is 6.28. The molecule has 0 radical (unpaired) electrons. The summed E-state index contributed by atoms with van der Waals surface area (Å²) in [4.78, 5) is 26.4. The quantitative estimate of drug-likeness (QED) is 0.214. The minimum absolute atomic E-state index is 0.0541. The van der Waals surface area contributed by atoms with Gasteiger partial charge >= 0.3 is 7.60 Å². The number of fused-ring (bicyclic) bond motifs is 1. The van der Waals surface area contributed by atoms with E-state index in [1.54, 1.807) is 24.4 Å². The van der Waals surface area contributed by atoms with Crippen LogP contribution in [0.4, 0.5) is 5.82 Å². The number of rotatable bonds is 8. The van der Waals surface area contributed by atoms with Crippen LogP contribution in [0, 0.1) is 11.3 Å². The van der Waals surface area contributed by atoms with Gasteiger partial charge in [0.25, 0.3) is 0 Å². The van der Waals surface area contributed by atoms with Gasteiger partial charge in [-0.05, 0) is 42.3 Å². The Hall–Kier alpha value is -2.59. The minimum atomic E-state index is -4.38. The molecule has 0 aliphatic carbocycles. The van der Waals surface area contributed by atoms with Gasteiger partial charge in [-0.3, -0.25) is 4.57 Å². The number of nitriles is 1. The zero-order valence-electron chi connectivity index (χ0n) is 18.4. The summed E-state index contributed by atoms with van der Waals surface area (Å²) < 4.78 is 23.2. The summed E-state index contributed by atoms with van der Waals surface area (Å²) in [5, 5.41) is 33.7. The number of aromatic nitrogens is 3. The van der Waals surface area contributed by atoms with Gasteiger partial charge in [-0.25, -0.2) is 4.98 Å². The zero-order valence-corrected chi connectivity index (χ0v) is 20.0. The van der Waals surface area contributed by atoms with Crippen molar-refractivity contribution in [3.8, 4) is 6.07 Å². The number of aliphatic hydroxyl groups excluding tert-OH is 2. The molecule has 5 N–H and O–H groups in total. The first-order chi connectivity index (χ1) is 16.6. The molecule has 2 aromatic heterocycles. The first-order valence-corrected chi connectivity index (χ1v) is 12.7. The van der Waals surface area contributed by atoms with Gasteiger partial charge in [-0.2, -0.15) is 10.2 Å². The van der Waals surface area contributed by atoms with E-state index in [4.69, 9.17) is 36.1 Å². The molecule has 0 unspecified atom stereocenters. The minimum Gasteiger partial charge on any atom is -0.387 e. The first kappa shape index (κ1) is 25.5. The molecule has 14 heteroatoms. The number of nitrogens with zero attached hydrogens (tertiary/aromatic N) is 4. The van der Waals surface area contributed by atoms with Crippen molar-refractivity contribution in [2.75, 3.05) is 18.3 Å². The highest BCUT2D eigenvalue weighted by atomic mass is 35.5. The van der Waals surface area contributed by atoms with Gasteiger partial charge < -0.3 is 39.4 Å². The molecule has 4 rings (SSSR count). The fraction of sp³-hybridized carbons (Fsp3) is 0.381. The number of aliphatic hydroxyl groups is 2. The van der Waals surface area contributed by atoms with Crippen molar-refractivity contribution >= 4 is 36.0 Å². The summed E-state index contributed by atoms with van der Waals surface area (Å²) in [5.41, 5.74) is 1.81. The smallest absolute Gasteiger partial charge is 0.350 e. The lowest BCUT2D eigenvalue weighted by atomic mass is 10.1. The molecular formula is C21H23ClN5O7P. The number of anilines is 1. The van der Waals surface area contributed by atoms with E-state index in [1.165, 1.54) is 4.57 Å². The fourth-order valence-corrected chi connectivity index (χ4v) is 4.35. The van der Waals surface area contributed by atoms with Crippen molar-refractivity contribution in [2.24, 2.45) is 0 Å². The lowest BCUT2D eigenvalue weighted by Crippen LogP contribution is -2.33. The van der Waals surface area contributed by atoms with Crippen molar-refractivity contribution in [1.29, 1.82) is 5.26 Å². The van der Waals surface area contributed by atoms with E-state index in [2.05, 4.69) is 21.4 Å². The van der Waals surface area contributed by atoms with Crippen molar-refractivity contribution in [2.45, 2.75) is 37.5 Å². The van der Waals surface area contributed by atoms with Crippen molar-refractivity contribution in [3.63, 3.8) is 0 Å². The number of halogens is 1. The molecule has 3 aromatic rings. The average Bonchev–Trinajstić information content (AvgIpc) is 3.34. The van der Waals surface area contributed by atoms with E-state index in [9.17, 15) is 14.8 Å². The van der Waals surface area contributed by atoms with Gasteiger partial charge in [-0.1, -0.05) is 12.1 Å². The van der Waals surface area contributed by atoms with E-state index in [1.807, 2.05) is 19.1 Å². The number of benzene rings is 1. The van der Waals surface area contributed by atoms with Gasteiger partial charge in [0.05, 0.1) is 23.6 Å². The van der Waals surface area contributed by atoms with Crippen molar-refractivity contribution in [3.05, 3.63) is 52.9 Å². The second-order valence-electron chi connectivity index (χ2n) is 8.11. The Labute approximate surface area is 204 Å². The predicted octanol–water partition coefficient (Wildman–Crippen LogP) is 1.90. The average molecular weight is 524 g/mol. The van der Waals surface area contributed by atoms with Crippen LogP contribution in [0.15, 0.2) is 36.5 Å². The molecule has 0 spiro atoms. The molecule has 0 bridgehead atoms. The molecule has 186 valence electrons. The lowest BCUT2D eigenvalue weighted by Gasteiger charge is -2.19. The van der Waals surface area contributed by atoms with Crippen LogP contribution in [-0.2, 0) is 14.0 Å². The van der Waals surface area contributed by atoms with E-state index >= 15 is 0 Å². The molecule has 35 heavy (non-hydrogen) atoms. The Morgan fingerprint density at radius 3 is 2.63 bits per heavy atom. The first-order valence-electron chi connectivity index (χ1n) is 10.5. The van der Waals surface area contributed by atoms with Crippen LogP contribution in [-0.4, -0.2) is 65.8 Å². The molecule has 3 heterocycles. The summed E-state index contributed by atoms with van der Waals surface area (Å²) in [7, 11) is -4.38. The Morgan fingerprint density at radius 1 is 1.26 bits per heavy atom. The van der Waals surface area contributed by atoms with Crippen LogP contribution in [0.25, 0.3) is 11.0 Å². The normalized spacial score (nSPS) is 23.3. The van der Waals surface area contributed by atoms with Crippen LogP contribution in [0.1, 0.15) is 30.3 Å². The molecule has 1 saturated heterocycles. The second-order valence-corrected chi connectivity index (χ2v) is 10.0. The monoisotopic (exact) mass is 523 g/mol. The highest BCUT2D eigenvalue weighted by Gasteiger charge is 2.44. The molecule has 0 saturated carbocycles. The summed E-state index contributed by atoms with van der Waals surface area (Å²) in [6.07, 6.45) is -4.03. The Morgan fingerprint density at radius 2 is 1.97 bits per heavy atom. The van der Waals surface area contributed by atoms with Crippen LogP contribution < -0.4 is 5.32 Å². The molecule has 1 aliphatic rings. The van der Waals surface area contributed by atoms with E-state index in [0.717, 1.165) is 5.56 Å². The third-order valence-electron chi connectivity index (χ3n) is 5.59. The highest BCUT2D eigenvalue weighted by molar-refractivity contribution is 7.51. The lowest BCUT2D eigenvalue weighted by molar-refractivity contribution is -0.0610. The summed E-state index contributed by atoms with van der Waals surface area (Å²) in [5.74, 6) is 0.435. The van der Waals surface area contributed by atoms with Gasteiger partial charge in [0.2, 0.25) is 5.28 Å². The third kappa shape index (κ3) is 5.64. The second kappa shape index (κ2) is 10.2. The van der Waals surface area contributed by atoms with Gasteiger partial charge in [0.1, 0.15) is 36.1 Å². The maximum Gasteiger partial charge on any atom is 0.350 e. The predicted molar refractivity (Wildman–Crippen MR) is 125 cm³/mol. The SMILES string of the molecule is C[C@H](Nc1nc(Cl)nc2c1ccn2[C@@H]1O[C@H](COCP(=O)(O)O)[C@@H](O)[C@H]1O)c1ccc(C#N)cc1. The van der Waals surface area contributed by atoms with Crippen molar-refractivity contribution in [1.82, 2.24) is 14.5 Å². The number of hydrogen-bond donors (Lipinski definition) is 5. The number of ether oxygens (including phenoxy) is 2. The molecule has 5 atom stereocenters. The van der Waals surface area contributed by atoms with Gasteiger partial charge in [0.15, 0.2) is 6.23 Å². The Bertz CT molecular complexity index is 1290. The van der Waals surface area contributed by atoms with Crippen LogP contribution in [0.2, 0.25) is 5.28 Å². The number of nitrogens with one attached hydrogen (secondary N) is 1. The maximum absolute atomic E-state index is 11.0. The Balaban J connectivity index is 1.56. The highest BCUT2D eigenvalue weighted by Crippen LogP contribution is 2.37. The molecule has 1 aliphatic heterocycles. The molecule has 0 amide bonds. The standard InChI is InChI=1S/C21H23ClN5O7P/c1-11(13-4-2-12(8-23)3-5-13)24-18-14-6-7-27(19(14)26-21(22)25-18)20-17(29)16(28)15(34-20)9-33-10-35(30,31)32/h2-7,11,15-17,20,28-29H,9-10H2,1H3,(H,24,25,26)(H2,30,31,32)/t11-,15+,16+,17+,20+/m0/s1. The fourth-order valence-electron chi connectivity index (χ4n) is 3.84. The number of hydrogen-bond acceptors (Lipinski definition) is 9. The van der Waals surface area contributed by atoms with Crippen molar-refractivity contribution < 1.29 is 34.0 Å². The Kier molecular flexibility index (Phi) is 7.42. The molecule has 1 aromatic carbocycles. The van der Waals surface area contributed by atoms with E-state index in [-0.39, 0.29) is 17.9 Å². The van der Waals surface area contributed by atoms with E-state index in [0.29, 0.717) is 22.4 Å². The maximum atomic E-state index is 11.0. The van der Waals surface area contributed by atoms with Crippen LogP contribution in [0.3, 0.4) is 0 Å². The summed E-state index contributed by atoms with van der Waals surface area (Å²) in [6, 6.07) is 10.7. The van der Waals surface area contributed by atoms with Crippen LogP contribution in [0.5, 0.6) is 0 Å². The topological polar surface area (TPSA) is 183 Å². The molecule has 12 nitrogen and oxygen atoms in total.